The summed E-state index contributed by atoms with van der Waals surface area (Å²) in [5.74, 6) is -0.500. The Morgan fingerprint density at radius 3 is 2.71 bits per heavy atom. The molecule has 0 aliphatic rings. The van der Waals surface area contributed by atoms with Gasteiger partial charge in [-0.05, 0) is 25.5 Å². The van der Waals surface area contributed by atoms with Gasteiger partial charge in [0.15, 0.2) is 6.10 Å². The summed E-state index contributed by atoms with van der Waals surface area (Å²) in [6.07, 6.45) is 1.81. The monoisotopic (exact) mass is 238 g/mol. The van der Waals surface area contributed by atoms with Crippen molar-refractivity contribution in [3.63, 3.8) is 0 Å². The fourth-order valence-electron chi connectivity index (χ4n) is 1.40. The van der Waals surface area contributed by atoms with Crippen LogP contribution in [-0.4, -0.2) is 28.2 Å². The first-order chi connectivity index (χ1) is 8.02. The van der Waals surface area contributed by atoms with Crippen molar-refractivity contribution in [2.24, 2.45) is 5.73 Å². The second kappa shape index (κ2) is 6.20. The number of hydrogen-bond donors (Lipinski definition) is 2. The van der Waals surface area contributed by atoms with Crippen LogP contribution >= 0.6 is 0 Å². The van der Waals surface area contributed by atoms with Gasteiger partial charge in [-0.15, -0.1) is 0 Å². The number of aromatic nitrogens is 1. The number of rotatable bonds is 6. The van der Waals surface area contributed by atoms with Crippen molar-refractivity contribution < 1.29 is 14.6 Å². The molecule has 0 radical (unpaired) electrons. The Morgan fingerprint density at radius 2 is 2.29 bits per heavy atom. The predicted octanol–water partition coefficient (Wildman–Crippen LogP) is 1.21. The van der Waals surface area contributed by atoms with Crippen molar-refractivity contribution in [1.29, 1.82) is 0 Å². The Labute approximate surface area is 101 Å². The average molecular weight is 238 g/mol. The van der Waals surface area contributed by atoms with Crippen LogP contribution in [0.25, 0.3) is 0 Å². The third-order valence-corrected chi connectivity index (χ3v) is 2.25. The Bertz CT molecular complexity index is 363. The van der Waals surface area contributed by atoms with Gasteiger partial charge < -0.3 is 15.6 Å². The molecule has 0 aromatic carbocycles. The van der Waals surface area contributed by atoms with E-state index in [0.29, 0.717) is 18.6 Å². The number of aliphatic carboxylic acids is 1. The van der Waals surface area contributed by atoms with E-state index in [2.05, 4.69) is 4.98 Å². The number of nitrogens with two attached hydrogens (primary N) is 1. The van der Waals surface area contributed by atoms with Gasteiger partial charge in [0.05, 0.1) is 6.20 Å². The highest BCUT2D eigenvalue weighted by molar-refractivity contribution is 5.72. The zero-order valence-electron chi connectivity index (χ0n) is 10.1. The molecule has 0 aliphatic heterocycles. The van der Waals surface area contributed by atoms with E-state index in [9.17, 15) is 4.79 Å². The lowest BCUT2D eigenvalue weighted by atomic mass is 10.2. The Morgan fingerprint density at radius 1 is 1.59 bits per heavy atom. The molecule has 0 bridgehead atoms. The summed E-state index contributed by atoms with van der Waals surface area (Å²) in [5.41, 5.74) is 6.53. The second-order valence-electron chi connectivity index (χ2n) is 4.02. The Balaban J connectivity index is 2.64. The van der Waals surface area contributed by atoms with Crippen molar-refractivity contribution >= 4 is 5.97 Å². The van der Waals surface area contributed by atoms with Gasteiger partial charge in [0.2, 0.25) is 0 Å². The lowest BCUT2D eigenvalue weighted by Gasteiger charge is -2.13. The molecule has 0 fully saturated rings. The van der Waals surface area contributed by atoms with Crippen LogP contribution in [0.3, 0.4) is 0 Å². The summed E-state index contributed by atoms with van der Waals surface area (Å²) in [7, 11) is 0. The number of carboxylic acids is 1. The molecule has 2 unspecified atom stereocenters. The van der Waals surface area contributed by atoms with Crippen LogP contribution in [0.2, 0.25) is 0 Å². The van der Waals surface area contributed by atoms with E-state index in [0.717, 1.165) is 5.69 Å². The van der Waals surface area contributed by atoms with Crippen molar-refractivity contribution in [3.8, 4) is 5.75 Å². The van der Waals surface area contributed by atoms with E-state index in [1.165, 1.54) is 6.20 Å². The fraction of sp³-hybridized carbons (Fsp3) is 0.500. The third-order valence-electron chi connectivity index (χ3n) is 2.25. The van der Waals surface area contributed by atoms with E-state index in [4.69, 9.17) is 15.6 Å². The molecule has 3 N–H and O–H groups in total. The largest absolute Gasteiger partial charge is 0.479 e. The van der Waals surface area contributed by atoms with Crippen LogP contribution < -0.4 is 10.5 Å². The molecule has 0 spiro atoms. The maximum Gasteiger partial charge on any atom is 0.344 e. The van der Waals surface area contributed by atoms with E-state index in [1.807, 2.05) is 6.92 Å². The predicted molar refractivity (Wildman–Crippen MR) is 63.9 cm³/mol. The lowest BCUT2D eigenvalue weighted by molar-refractivity contribution is -0.145. The molecule has 1 rings (SSSR count). The van der Waals surface area contributed by atoms with Gasteiger partial charge in [0.25, 0.3) is 0 Å². The number of carbonyl (C=O) groups is 1. The first-order valence-electron chi connectivity index (χ1n) is 5.63. The number of hydrogen-bond acceptors (Lipinski definition) is 4. The summed E-state index contributed by atoms with van der Waals surface area (Å²) >= 11 is 0. The molecule has 94 valence electrons. The molecular weight excluding hydrogens is 220 g/mol. The smallest absolute Gasteiger partial charge is 0.344 e. The Kier molecular flexibility index (Phi) is 4.90. The fourth-order valence-corrected chi connectivity index (χ4v) is 1.40. The molecule has 2 atom stereocenters. The first kappa shape index (κ1) is 13.4. The molecular formula is C12H18N2O3. The molecule has 5 heteroatoms. The summed E-state index contributed by atoms with van der Waals surface area (Å²) in [6, 6.07) is 3.57. The minimum Gasteiger partial charge on any atom is -0.479 e. The Hall–Kier alpha value is -1.62. The van der Waals surface area contributed by atoms with Gasteiger partial charge in [-0.3, -0.25) is 4.98 Å². The summed E-state index contributed by atoms with van der Waals surface area (Å²) in [5, 5.41) is 8.85. The summed E-state index contributed by atoms with van der Waals surface area (Å²) < 4.78 is 5.29. The van der Waals surface area contributed by atoms with E-state index in [1.54, 1.807) is 19.1 Å². The van der Waals surface area contributed by atoms with Crippen LogP contribution in [0.5, 0.6) is 5.75 Å². The first-order valence-corrected chi connectivity index (χ1v) is 5.63. The van der Waals surface area contributed by atoms with Gasteiger partial charge in [-0.2, -0.15) is 0 Å². The highest BCUT2D eigenvalue weighted by Gasteiger charge is 2.16. The van der Waals surface area contributed by atoms with E-state index >= 15 is 0 Å². The summed E-state index contributed by atoms with van der Waals surface area (Å²) in [4.78, 5) is 15.0. The molecule has 5 nitrogen and oxygen atoms in total. The standard InChI is InChI=1S/C12H18N2O3/c1-3-11(12(15)16)17-10-5-4-9(14-7-10)6-8(2)13/h4-5,7-8,11H,3,6,13H2,1-2H3,(H,15,16). The third kappa shape index (κ3) is 4.40. The van der Waals surface area contributed by atoms with Crippen molar-refractivity contribution in [3.05, 3.63) is 24.0 Å². The van der Waals surface area contributed by atoms with Crippen LogP contribution in [0, 0.1) is 0 Å². The molecule has 0 saturated heterocycles. The molecule has 0 amide bonds. The zero-order valence-corrected chi connectivity index (χ0v) is 10.1. The summed E-state index contributed by atoms with van der Waals surface area (Å²) in [6.45, 7) is 3.67. The normalized spacial score (nSPS) is 14.1. The van der Waals surface area contributed by atoms with Gasteiger partial charge in [-0.25, -0.2) is 4.79 Å². The maximum atomic E-state index is 10.8. The molecule has 1 heterocycles. The highest BCUT2D eigenvalue weighted by Crippen LogP contribution is 2.13. The van der Waals surface area contributed by atoms with Crippen molar-refractivity contribution in [2.45, 2.75) is 38.8 Å². The van der Waals surface area contributed by atoms with Crippen molar-refractivity contribution in [2.75, 3.05) is 0 Å². The minimum atomic E-state index is -0.966. The molecule has 1 aromatic rings. The second-order valence-corrected chi connectivity index (χ2v) is 4.02. The maximum absolute atomic E-state index is 10.8. The number of carboxylic acid groups (broad SMARTS) is 1. The minimum absolute atomic E-state index is 0.0525. The topological polar surface area (TPSA) is 85.4 Å². The van der Waals surface area contributed by atoms with E-state index < -0.39 is 12.1 Å². The number of nitrogens with zero attached hydrogens (tertiary/aromatic N) is 1. The van der Waals surface area contributed by atoms with Crippen LogP contribution in [-0.2, 0) is 11.2 Å². The molecule has 0 saturated carbocycles. The average Bonchev–Trinajstić information content (AvgIpc) is 2.26. The molecule has 0 aliphatic carbocycles. The van der Waals surface area contributed by atoms with E-state index in [-0.39, 0.29) is 6.04 Å². The molecule has 1 aromatic heterocycles. The van der Waals surface area contributed by atoms with Crippen LogP contribution in [0.1, 0.15) is 26.0 Å². The van der Waals surface area contributed by atoms with Gasteiger partial charge in [0.1, 0.15) is 5.75 Å². The SMILES string of the molecule is CCC(Oc1ccc(CC(C)N)nc1)C(=O)O. The van der Waals surface area contributed by atoms with Crippen LogP contribution in [0.4, 0.5) is 0 Å². The van der Waals surface area contributed by atoms with Crippen LogP contribution in [0.15, 0.2) is 18.3 Å². The number of pyridine rings is 1. The quantitative estimate of drug-likeness (QED) is 0.778. The number of ether oxygens (including phenoxy) is 1. The zero-order chi connectivity index (χ0) is 12.8. The van der Waals surface area contributed by atoms with Gasteiger partial charge in [-0.1, -0.05) is 6.92 Å². The lowest BCUT2D eigenvalue weighted by Crippen LogP contribution is -2.26. The highest BCUT2D eigenvalue weighted by atomic mass is 16.5. The van der Waals surface area contributed by atoms with Crippen molar-refractivity contribution in [1.82, 2.24) is 4.98 Å². The molecule has 17 heavy (non-hydrogen) atoms. The van der Waals surface area contributed by atoms with Gasteiger partial charge in [0, 0.05) is 18.2 Å². The van der Waals surface area contributed by atoms with Gasteiger partial charge >= 0.3 is 5.97 Å².